The molecule has 0 aliphatic carbocycles. The molecule has 0 aromatic carbocycles. The molecule has 0 saturated carbocycles. The van der Waals surface area contributed by atoms with Crippen molar-refractivity contribution in [3.8, 4) is 0 Å². The molecule has 22 heavy (non-hydrogen) atoms. The molecule has 1 atom stereocenters. The highest BCUT2D eigenvalue weighted by molar-refractivity contribution is 5.81. The molecular weight excluding hydrogens is 276 g/mol. The lowest BCUT2D eigenvalue weighted by molar-refractivity contribution is -0.126. The average Bonchev–Trinajstić information content (AvgIpc) is 2.73. The van der Waals surface area contributed by atoms with Crippen molar-refractivity contribution in [1.29, 1.82) is 0 Å². The summed E-state index contributed by atoms with van der Waals surface area (Å²) in [5, 5.41) is 6.34. The molecule has 0 radical (unpaired) electrons. The number of hydrogen-bond donors (Lipinski definition) is 2. The maximum absolute atomic E-state index is 12.2. The first kappa shape index (κ1) is 16.7. The summed E-state index contributed by atoms with van der Waals surface area (Å²) in [4.78, 5) is 18.7. The number of likely N-dealkylation sites (tertiary alicyclic amines) is 1. The Labute approximate surface area is 133 Å². The first-order chi connectivity index (χ1) is 10.7. The van der Waals surface area contributed by atoms with E-state index in [0.29, 0.717) is 6.54 Å². The normalized spacial score (nSPS) is 19.5. The molecule has 2 N–H and O–H groups in total. The fourth-order valence-corrected chi connectivity index (χ4v) is 2.79. The standard InChI is InChI=1S/C17H28N4O/c1-14-8-9-16(20-13-14)18-10-6-11-19-17(22)15-7-4-3-5-12-21(15)2/h8-9,13,15H,3-7,10-12H2,1-2H3,(H,18,20)(H,19,22)/t15-/m0/s1. The minimum atomic E-state index is 0.0502. The van der Waals surface area contributed by atoms with Gasteiger partial charge in [0, 0.05) is 19.3 Å². The highest BCUT2D eigenvalue weighted by atomic mass is 16.2. The van der Waals surface area contributed by atoms with Gasteiger partial charge in [-0.2, -0.15) is 0 Å². The van der Waals surface area contributed by atoms with E-state index < -0.39 is 0 Å². The van der Waals surface area contributed by atoms with E-state index >= 15 is 0 Å². The minimum Gasteiger partial charge on any atom is -0.370 e. The number of rotatable bonds is 6. The first-order valence-corrected chi connectivity index (χ1v) is 8.31. The van der Waals surface area contributed by atoms with Gasteiger partial charge in [0.1, 0.15) is 5.82 Å². The van der Waals surface area contributed by atoms with Gasteiger partial charge < -0.3 is 10.6 Å². The number of likely N-dealkylation sites (N-methyl/N-ethyl adjacent to an activating group) is 1. The number of anilines is 1. The molecule has 1 aliphatic heterocycles. The van der Waals surface area contributed by atoms with Crippen LogP contribution < -0.4 is 10.6 Å². The molecule has 1 fully saturated rings. The third-order valence-electron chi connectivity index (χ3n) is 4.19. The molecule has 0 spiro atoms. The van der Waals surface area contributed by atoms with Gasteiger partial charge in [-0.05, 0) is 51.4 Å². The lowest BCUT2D eigenvalue weighted by atomic mass is 10.1. The van der Waals surface area contributed by atoms with Crippen LogP contribution in [0.4, 0.5) is 5.82 Å². The van der Waals surface area contributed by atoms with Gasteiger partial charge in [0.2, 0.25) is 5.91 Å². The quantitative estimate of drug-likeness (QED) is 0.791. The van der Waals surface area contributed by atoms with E-state index in [4.69, 9.17) is 0 Å². The zero-order valence-electron chi connectivity index (χ0n) is 13.8. The van der Waals surface area contributed by atoms with Crippen LogP contribution in [0.1, 0.15) is 37.7 Å². The Bertz CT molecular complexity index is 460. The van der Waals surface area contributed by atoms with Crippen LogP contribution in [0.5, 0.6) is 0 Å². The second-order valence-electron chi connectivity index (χ2n) is 6.14. The fraction of sp³-hybridized carbons (Fsp3) is 0.647. The van der Waals surface area contributed by atoms with Crippen molar-refractivity contribution in [1.82, 2.24) is 15.2 Å². The van der Waals surface area contributed by atoms with Crippen LogP contribution in [-0.2, 0) is 4.79 Å². The van der Waals surface area contributed by atoms with Crippen LogP contribution in [0, 0.1) is 6.92 Å². The number of amides is 1. The van der Waals surface area contributed by atoms with Gasteiger partial charge in [-0.1, -0.05) is 18.9 Å². The van der Waals surface area contributed by atoms with Crippen LogP contribution >= 0.6 is 0 Å². The number of aryl methyl sites for hydroxylation is 1. The first-order valence-electron chi connectivity index (χ1n) is 8.31. The van der Waals surface area contributed by atoms with Crippen LogP contribution in [0.2, 0.25) is 0 Å². The summed E-state index contributed by atoms with van der Waals surface area (Å²) in [6, 6.07) is 4.07. The highest BCUT2D eigenvalue weighted by Gasteiger charge is 2.23. The second kappa shape index (κ2) is 8.73. The topological polar surface area (TPSA) is 57.3 Å². The SMILES string of the molecule is Cc1ccc(NCCCNC(=O)[C@@H]2CCCCCN2C)nc1. The van der Waals surface area contributed by atoms with Gasteiger partial charge in [-0.3, -0.25) is 9.69 Å². The molecule has 0 unspecified atom stereocenters. The Morgan fingerprint density at radius 2 is 2.18 bits per heavy atom. The van der Waals surface area contributed by atoms with Crippen molar-refractivity contribution in [2.45, 2.75) is 45.1 Å². The smallest absolute Gasteiger partial charge is 0.237 e. The average molecular weight is 304 g/mol. The molecule has 5 nitrogen and oxygen atoms in total. The molecule has 1 saturated heterocycles. The summed E-state index contributed by atoms with van der Waals surface area (Å²) < 4.78 is 0. The zero-order valence-corrected chi connectivity index (χ0v) is 13.8. The van der Waals surface area contributed by atoms with Gasteiger partial charge in [-0.25, -0.2) is 4.98 Å². The third kappa shape index (κ3) is 5.30. The van der Waals surface area contributed by atoms with E-state index in [1.165, 1.54) is 12.8 Å². The Morgan fingerprint density at radius 1 is 1.32 bits per heavy atom. The summed E-state index contributed by atoms with van der Waals surface area (Å²) in [5.74, 6) is 1.07. The van der Waals surface area contributed by atoms with E-state index in [1.807, 2.05) is 25.3 Å². The van der Waals surface area contributed by atoms with Crippen LogP contribution in [-0.4, -0.2) is 48.5 Å². The number of carbonyl (C=O) groups is 1. The predicted octanol–water partition coefficient (Wildman–Crippen LogP) is 2.18. The maximum Gasteiger partial charge on any atom is 0.237 e. The Morgan fingerprint density at radius 3 is 2.95 bits per heavy atom. The number of nitrogens with zero attached hydrogens (tertiary/aromatic N) is 2. The Kier molecular flexibility index (Phi) is 6.65. The molecule has 2 heterocycles. The molecule has 1 aliphatic rings. The van der Waals surface area contributed by atoms with E-state index in [1.54, 1.807) is 0 Å². The largest absolute Gasteiger partial charge is 0.370 e. The number of pyridine rings is 1. The minimum absolute atomic E-state index is 0.0502. The van der Waals surface area contributed by atoms with Crippen LogP contribution in [0.15, 0.2) is 18.3 Å². The van der Waals surface area contributed by atoms with E-state index in [-0.39, 0.29) is 11.9 Å². The number of nitrogens with one attached hydrogen (secondary N) is 2. The lowest BCUT2D eigenvalue weighted by Gasteiger charge is -2.24. The fourth-order valence-electron chi connectivity index (χ4n) is 2.79. The van der Waals surface area contributed by atoms with Crippen molar-refractivity contribution in [2.75, 3.05) is 32.0 Å². The monoisotopic (exact) mass is 304 g/mol. The summed E-state index contributed by atoms with van der Waals surface area (Å²) in [5.41, 5.74) is 1.16. The van der Waals surface area contributed by atoms with E-state index in [2.05, 4.69) is 27.6 Å². The molecular formula is C17H28N4O. The van der Waals surface area contributed by atoms with Gasteiger partial charge in [-0.15, -0.1) is 0 Å². The summed E-state index contributed by atoms with van der Waals surface area (Å²) >= 11 is 0. The molecule has 1 aromatic rings. The molecule has 1 aromatic heterocycles. The van der Waals surface area contributed by atoms with Crippen molar-refractivity contribution in [2.24, 2.45) is 0 Å². The molecule has 0 bridgehead atoms. The summed E-state index contributed by atoms with van der Waals surface area (Å²) in [6.07, 6.45) is 7.33. The molecule has 5 heteroatoms. The van der Waals surface area contributed by atoms with Crippen molar-refractivity contribution < 1.29 is 4.79 Å². The number of carbonyl (C=O) groups excluding carboxylic acids is 1. The Balaban J connectivity index is 1.63. The zero-order chi connectivity index (χ0) is 15.8. The lowest BCUT2D eigenvalue weighted by Crippen LogP contribution is -2.45. The van der Waals surface area contributed by atoms with E-state index in [9.17, 15) is 4.79 Å². The van der Waals surface area contributed by atoms with Gasteiger partial charge >= 0.3 is 0 Å². The second-order valence-corrected chi connectivity index (χ2v) is 6.14. The van der Waals surface area contributed by atoms with Crippen molar-refractivity contribution >= 4 is 11.7 Å². The maximum atomic E-state index is 12.2. The highest BCUT2D eigenvalue weighted by Crippen LogP contribution is 2.15. The number of hydrogen-bond acceptors (Lipinski definition) is 4. The van der Waals surface area contributed by atoms with Crippen LogP contribution in [0.3, 0.4) is 0 Å². The summed E-state index contributed by atoms with van der Waals surface area (Å²) in [6.45, 7) is 4.58. The van der Waals surface area contributed by atoms with Crippen molar-refractivity contribution in [3.63, 3.8) is 0 Å². The Hall–Kier alpha value is -1.62. The van der Waals surface area contributed by atoms with E-state index in [0.717, 1.165) is 43.7 Å². The van der Waals surface area contributed by atoms with Gasteiger partial charge in [0.05, 0.1) is 6.04 Å². The molecule has 1 amide bonds. The molecule has 2 rings (SSSR count). The summed E-state index contributed by atoms with van der Waals surface area (Å²) in [7, 11) is 2.06. The van der Waals surface area contributed by atoms with Gasteiger partial charge in [0.15, 0.2) is 0 Å². The van der Waals surface area contributed by atoms with Gasteiger partial charge in [0.25, 0.3) is 0 Å². The van der Waals surface area contributed by atoms with Crippen LogP contribution in [0.25, 0.3) is 0 Å². The van der Waals surface area contributed by atoms with Crippen molar-refractivity contribution in [3.05, 3.63) is 23.9 Å². The number of aromatic nitrogens is 1. The molecule has 122 valence electrons. The predicted molar refractivity (Wildman–Crippen MR) is 90.0 cm³/mol. The third-order valence-corrected chi connectivity index (χ3v) is 4.19.